The van der Waals surface area contributed by atoms with E-state index in [2.05, 4.69) is 159 Å². The highest BCUT2D eigenvalue weighted by Crippen LogP contribution is 2.40. The summed E-state index contributed by atoms with van der Waals surface area (Å²) in [7, 11) is 0. The maximum atomic E-state index is 6.48. The molecule has 12 aromatic rings. The van der Waals surface area contributed by atoms with Crippen molar-refractivity contribution >= 4 is 87.5 Å². The van der Waals surface area contributed by atoms with E-state index in [0.717, 1.165) is 50.2 Å². The Balaban J connectivity index is 1.10. The average Bonchev–Trinajstić information content (AvgIpc) is 3.94. The average molecular weight is 665 g/mol. The van der Waals surface area contributed by atoms with Crippen molar-refractivity contribution in [3.05, 3.63) is 170 Å². The number of para-hydroxylation sites is 5. The molecule has 0 unspecified atom stereocenters. The third-order valence-electron chi connectivity index (χ3n) is 10.9. The van der Waals surface area contributed by atoms with Crippen LogP contribution in [0.4, 0.5) is 0 Å². The lowest BCUT2D eigenvalue weighted by Gasteiger charge is -2.11. The molecule has 7 aromatic carbocycles. The molecule has 0 amide bonds. The summed E-state index contributed by atoms with van der Waals surface area (Å²) >= 11 is 0. The van der Waals surface area contributed by atoms with E-state index in [1.54, 1.807) is 0 Å². The van der Waals surface area contributed by atoms with Gasteiger partial charge in [-0.05, 0) is 78.9 Å². The summed E-state index contributed by atoms with van der Waals surface area (Å²) in [5.74, 6) is 0. The van der Waals surface area contributed by atoms with Crippen LogP contribution < -0.4 is 0 Å². The highest BCUT2D eigenvalue weighted by atomic mass is 16.3. The monoisotopic (exact) mass is 664 g/mol. The second-order valence-electron chi connectivity index (χ2n) is 13.6. The Labute approximate surface area is 296 Å². The predicted molar refractivity (Wildman–Crippen MR) is 215 cm³/mol. The molecule has 0 spiro atoms. The lowest BCUT2D eigenvalue weighted by molar-refractivity contribution is 0.665. The number of benzene rings is 7. The van der Waals surface area contributed by atoms with E-state index in [1.165, 1.54) is 54.4 Å². The molecule has 0 aliphatic rings. The first kappa shape index (κ1) is 27.7. The maximum Gasteiger partial charge on any atom is 0.177 e. The van der Waals surface area contributed by atoms with Gasteiger partial charge in [0.15, 0.2) is 5.58 Å². The van der Waals surface area contributed by atoms with Crippen molar-refractivity contribution in [1.29, 1.82) is 0 Å². The number of rotatable bonds is 3. The fourth-order valence-corrected chi connectivity index (χ4v) is 8.71. The van der Waals surface area contributed by atoms with Gasteiger partial charge in [-0.25, -0.2) is 0 Å². The van der Waals surface area contributed by atoms with Crippen LogP contribution in [0.3, 0.4) is 0 Å². The van der Waals surface area contributed by atoms with Gasteiger partial charge in [-0.2, -0.15) is 0 Å². The predicted octanol–water partition coefficient (Wildman–Crippen LogP) is 12.3. The van der Waals surface area contributed by atoms with Crippen molar-refractivity contribution in [3.8, 4) is 17.1 Å². The van der Waals surface area contributed by atoms with E-state index in [0.29, 0.717) is 0 Å². The number of nitrogens with zero attached hydrogens (tertiary/aromatic N) is 4. The Morgan fingerprint density at radius 1 is 0.365 bits per heavy atom. The molecule has 5 heteroatoms. The van der Waals surface area contributed by atoms with E-state index in [1.807, 2.05) is 24.4 Å². The van der Waals surface area contributed by atoms with Gasteiger partial charge in [-0.1, -0.05) is 84.9 Å². The zero-order valence-corrected chi connectivity index (χ0v) is 27.9. The minimum absolute atomic E-state index is 0.789. The fraction of sp³-hybridized carbons (Fsp3) is 0. The molecule has 52 heavy (non-hydrogen) atoms. The van der Waals surface area contributed by atoms with E-state index in [4.69, 9.17) is 9.40 Å². The first-order valence-corrected chi connectivity index (χ1v) is 17.6. The lowest BCUT2D eigenvalue weighted by atomic mass is 10.1. The smallest absolute Gasteiger partial charge is 0.177 e. The standard InChI is InChI=1S/C47H28N4O/c1-6-16-38-31(11-1)32-12-2-7-17-39(32)49(38)29-21-23-42-36(27-29)33-13-3-8-18-40(33)50(42)30-22-24-43-37(28-30)34-14-4-9-19-41(34)51(43)44-25-26-48-46-35-15-5-10-20-45(35)52-47(44)46/h1-28H. The molecule has 5 aromatic heterocycles. The van der Waals surface area contributed by atoms with Crippen LogP contribution >= 0.6 is 0 Å². The third-order valence-corrected chi connectivity index (χ3v) is 10.9. The largest absolute Gasteiger partial charge is 0.452 e. The van der Waals surface area contributed by atoms with Crippen LogP contribution in [0.1, 0.15) is 0 Å². The summed E-state index contributed by atoms with van der Waals surface area (Å²) in [5, 5.41) is 8.38. The molecule has 0 aliphatic heterocycles. The minimum Gasteiger partial charge on any atom is -0.452 e. The molecule has 0 saturated carbocycles. The molecular weight excluding hydrogens is 637 g/mol. The molecule has 0 saturated heterocycles. The number of hydrogen-bond donors (Lipinski definition) is 0. The second kappa shape index (κ2) is 10.2. The highest BCUT2D eigenvalue weighted by Gasteiger charge is 2.20. The summed E-state index contributed by atoms with van der Waals surface area (Å²) in [4.78, 5) is 4.75. The van der Waals surface area contributed by atoms with Crippen molar-refractivity contribution in [3.63, 3.8) is 0 Å². The van der Waals surface area contributed by atoms with Crippen molar-refractivity contribution in [2.24, 2.45) is 0 Å². The second-order valence-corrected chi connectivity index (χ2v) is 13.6. The van der Waals surface area contributed by atoms with Crippen molar-refractivity contribution in [2.75, 3.05) is 0 Å². The van der Waals surface area contributed by atoms with Crippen molar-refractivity contribution in [2.45, 2.75) is 0 Å². The molecule has 0 bridgehead atoms. The number of pyridine rings is 1. The van der Waals surface area contributed by atoms with Crippen LogP contribution in [0.5, 0.6) is 0 Å². The number of fused-ring (bicyclic) bond motifs is 12. The topological polar surface area (TPSA) is 40.8 Å². The quantitative estimate of drug-likeness (QED) is 0.189. The summed E-state index contributed by atoms with van der Waals surface area (Å²) in [5.41, 5.74) is 12.8. The van der Waals surface area contributed by atoms with Gasteiger partial charge in [0.05, 0.1) is 38.8 Å². The summed E-state index contributed by atoms with van der Waals surface area (Å²) < 4.78 is 13.6. The summed E-state index contributed by atoms with van der Waals surface area (Å²) in [6, 6.07) is 58.8. The molecule has 0 atom stereocenters. The van der Waals surface area contributed by atoms with E-state index >= 15 is 0 Å². The van der Waals surface area contributed by atoms with Gasteiger partial charge in [0.25, 0.3) is 0 Å². The van der Waals surface area contributed by atoms with Crippen LogP contribution in [0.15, 0.2) is 174 Å². The lowest BCUT2D eigenvalue weighted by Crippen LogP contribution is -1.97. The van der Waals surface area contributed by atoms with Gasteiger partial charge in [-0.15, -0.1) is 0 Å². The Morgan fingerprint density at radius 3 is 1.35 bits per heavy atom. The summed E-state index contributed by atoms with van der Waals surface area (Å²) in [6.07, 6.45) is 1.89. The van der Waals surface area contributed by atoms with Gasteiger partial charge in [0.1, 0.15) is 11.1 Å². The molecule has 5 heterocycles. The SMILES string of the molecule is c1ccc2c(c1)oc1c(-n3c4ccccc4c4cc(-n5c6ccccc6c6cc(-n7c8ccccc8c8ccccc87)ccc65)ccc43)ccnc12. The maximum absolute atomic E-state index is 6.48. The Hall–Kier alpha value is -7.11. The molecule has 5 nitrogen and oxygen atoms in total. The van der Waals surface area contributed by atoms with Gasteiger partial charge in [0, 0.05) is 55.3 Å². The van der Waals surface area contributed by atoms with Crippen molar-refractivity contribution in [1.82, 2.24) is 18.7 Å². The molecule has 0 radical (unpaired) electrons. The van der Waals surface area contributed by atoms with E-state index in [9.17, 15) is 0 Å². The fourth-order valence-electron chi connectivity index (χ4n) is 8.71. The molecule has 0 aliphatic carbocycles. The van der Waals surface area contributed by atoms with Gasteiger partial charge in [0.2, 0.25) is 0 Å². The van der Waals surface area contributed by atoms with E-state index < -0.39 is 0 Å². The Morgan fingerprint density at radius 2 is 0.788 bits per heavy atom. The van der Waals surface area contributed by atoms with Crippen LogP contribution in [0, 0.1) is 0 Å². The minimum atomic E-state index is 0.789. The van der Waals surface area contributed by atoms with Gasteiger partial charge >= 0.3 is 0 Å². The number of hydrogen-bond acceptors (Lipinski definition) is 2. The zero-order valence-electron chi connectivity index (χ0n) is 27.9. The van der Waals surface area contributed by atoms with Crippen molar-refractivity contribution < 1.29 is 4.42 Å². The zero-order chi connectivity index (χ0) is 33.9. The van der Waals surface area contributed by atoms with E-state index in [-0.39, 0.29) is 0 Å². The number of furan rings is 1. The molecular formula is C47H28N4O. The molecule has 0 N–H and O–H groups in total. The van der Waals surface area contributed by atoms with Gasteiger partial charge in [-0.3, -0.25) is 4.98 Å². The third kappa shape index (κ3) is 3.64. The van der Waals surface area contributed by atoms with Crippen LogP contribution in [0.25, 0.3) is 105 Å². The van der Waals surface area contributed by atoms with Crippen LogP contribution in [-0.2, 0) is 0 Å². The Bertz CT molecular complexity index is 3370. The molecule has 12 rings (SSSR count). The van der Waals surface area contributed by atoms with Crippen LogP contribution in [-0.4, -0.2) is 18.7 Å². The normalized spacial score (nSPS) is 12.2. The van der Waals surface area contributed by atoms with Crippen LogP contribution in [0.2, 0.25) is 0 Å². The first-order valence-electron chi connectivity index (χ1n) is 17.6. The Kier molecular flexibility index (Phi) is 5.44. The number of aromatic nitrogens is 4. The van der Waals surface area contributed by atoms with Gasteiger partial charge < -0.3 is 18.1 Å². The molecule has 242 valence electrons. The highest BCUT2D eigenvalue weighted by molar-refractivity contribution is 6.15. The first-order chi connectivity index (χ1) is 25.8. The summed E-state index contributed by atoms with van der Waals surface area (Å²) in [6.45, 7) is 0. The molecule has 0 fully saturated rings.